The molecule has 2 aromatic rings. The highest BCUT2D eigenvalue weighted by Crippen LogP contribution is 2.22. The van der Waals surface area contributed by atoms with Crippen LogP contribution in [0.5, 0.6) is 0 Å². The van der Waals surface area contributed by atoms with Crippen LogP contribution in [-0.4, -0.2) is 63.3 Å². The van der Waals surface area contributed by atoms with Crippen molar-refractivity contribution < 1.29 is 13.2 Å². The van der Waals surface area contributed by atoms with E-state index in [2.05, 4.69) is 22.3 Å². The van der Waals surface area contributed by atoms with Gasteiger partial charge >= 0.3 is 0 Å². The molecule has 0 spiro atoms. The Morgan fingerprint density at radius 3 is 2.10 bits per heavy atom. The molecule has 1 heterocycles. The van der Waals surface area contributed by atoms with E-state index in [1.807, 2.05) is 62.6 Å². The standard InChI is InChI=1S/C24H33N3O3S/c1-26(2)23(17-20-9-5-3-6-10-20)18-25-24(28)22-13-15-27(16-14-22)31(29,30)19-21-11-7-4-8-12-21/h3-12,22-23H,13-19H2,1-2H3,(H,25,28). The maximum absolute atomic E-state index is 12.7. The number of amides is 1. The highest BCUT2D eigenvalue weighted by atomic mass is 32.2. The highest BCUT2D eigenvalue weighted by molar-refractivity contribution is 7.88. The van der Waals surface area contributed by atoms with E-state index in [1.54, 1.807) is 0 Å². The molecule has 31 heavy (non-hydrogen) atoms. The van der Waals surface area contributed by atoms with Crippen molar-refractivity contribution >= 4 is 15.9 Å². The van der Waals surface area contributed by atoms with Gasteiger partial charge in [0.15, 0.2) is 0 Å². The number of benzene rings is 2. The molecule has 1 aliphatic rings. The molecule has 3 rings (SSSR count). The number of nitrogens with one attached hydrogen (secondary N) is 1. The van der Waals surface area contributed by atoms with Crippen LogP contribution in [0, 0.1) is 5.92 Å². The van der Waals surface area contributed by atoms with Crippen LogP contribution in [0.1, 0.15) is 24.0 Å². The maximum atomic E-state index is 12.7. The summed E-state index contributed by atoms with van der Waals surface area (Å²) in [4.78, 5) is 14.9. The van der Waals surface area contributed by atoms with Gasteiger partial charge in [0, 0.05) is 31.6 Å². The third-order valence-electron chi connectivity index (χ3n) is 5.97. The van der Waals surface area contributed by atoms with E-state index in [1.165, 1.54) is 9.87 Å². The van der Waals surface area contributed by atoms with Gasteiger partial charge < -0.3 is 10.2 Å². The zero-order chi connectivity index (χ0) is 22.3. The third-order valence-corrected chi connectivity index (χ3v) is 7.82. The van der Waals surface area contributed by atoms with E-state index < -0.39 is 10.0 Å². The Morgan fingerprint density at radius 1 is 1.00 bits per heavy atom. The van der Waals surface area contributed by atoms with Crippen molar-refractivity contribution in [3.05, 3.63) is 71.8 Å². The maximum Gasteiger partial charge on any atom is 0.223 e. The molecule has 0 bridgehead atoms. The summed E-state index contributed by atoms with van der Waals surface area (Å²) in [6.45, 7) is 1.37. The van der Waals surface area contributed by atoms with Crippen molar-refractivity contribution in [2.75, 3.05) is 33.7 Å². The number of carbonyl (C=O) groups is 1. The van der Waals surface area contributed by atoms with Crippen molar-refractivity contribution in [3.63, 3.8) is 0 Å². The lowest BCUT2D eigenvalue weighted by atomic mass is 9.97. The van der Waals surface area contributed by atoms with Gasteiger partial charge in [0.05, 0.1) is 5.75 Å². The number of likely N-dealkylation sites (N-methyl/N-ethyl adjacent to an activating group) is 1. The lowest BCUT2D eigenvalue weighted by molar-refractivity contribution is -0.126. The smallest absolute Gasteiger partial charge is 0.223 e. The number of nitrogens with zero attached hydrogens (tertiary/aromatic N) is 2. The molecule has 7 heteroatoms. The Bertz CT molecular complexity index is 925. The summed E-state index contributed by atoms with van der Waals surface area (Å²) in [5, 5.41) is 3.10. The second-order valence-electron chi connectivity index (χ2n) is 8.47. The average molecular weight is 444 g/mol. The van der Waals surface area contributed by atoms with Crippen LogP contribution in [0.4, 0.5) is 0 Å². The predicted octanol–water partition coefficient (Wildman–Crippen LogP) is 2.52. The molecule has 6 nitrogen and oxygen atoms in total. The van der Waals surface area contributed by atoms with Gasteiger partial charge in [0.2, 0.25) is 15.9 Å². The zero-order valence-electron chi connectivity index (χ0n) is 18.4. The van der Waals surface area contributed by atoms with Crippen LogP contribution in [0.3, 0.4) is 0 Å². The lowest BCUT2D eigenvalue weighted by Crippen LogP contribution is -2.46. The van der Waals surface area contributed by atoms with Gasteiger partial charge in [-0.2, -0.15) is 0 Å². The highest BCUT2D eigenvalue weighted by Gasteiger charge is 2.31. The molecule has 0 aliphatic carbocycles. The summed E-state index contributed by atoms with van der Waals surface area (Å²) in [7, 11) is 0.685. The van der Waals surface area contributed by atoms with E-state index in [0.29, 0.717) is 32.5 Å². The molecule has 0 saturated carbocycles. The summed E-state index contributed by atoms with van der Waals surface area (Å²) in [5.74, 6) is -0.0999. The molecule has 2 aromatic carbocycles. The zero-order valence-corrected chi connectivity index (χ0v) is 19.2. The summed E-state index contributed by atoms with van der Waals surface area (Å²) < 4.78 is 27.0. The van der Waals surface area contributed by atoms with E-state index >= 15 is 0 Å². The van der Waals surface area contributed by atoms with Gasteiger partial charge in [0.25, 0.3) is 0 Å². The van der Waals surface area contributed by atoms with Crippen LogP contribution in [0.15, 0.2) is 60.7 Å². The molecule has 1 fully saturated rings. The third kappa shape index (κ3) is 6.89. The van der Waals surface area contributed by atoms with Crippen molar-refractivity contribution in [2.24, 2.45) is 5.92 Å². The monoisotopic (exact) mass is 443 g/mol. The fourth-order valence-electron chi connectivity index (χ4n) is 3.96. The molecule has 1 N–H and O–H groups in total. The molecule has 1 aliphatic heterocycles. The minimum absolute atomic E-state index is 0.00863. The average Bonchev–Trinajstić information content (AvgIpc) is 2.77. The lowest BCUT2D eigenvalue weighted by Gasteiger charge is -2.31. The second-order valence-corrected chi connectivity index (χ2v) is 10.4. The summed E-state index contributed by atoms with van der Waals surface area (Å²) in [6, 6.07) is 19.7. The largest absolute Gasteiger partial charge is 0.354 e. The van der Waals surface area contributed by atoms with Crippen molar-refractivity contribution in [1.29, 1.82) is 0 Å². The minimum atomic E-state index is -3.36. The predicted molar refractivity (Wildman–Crippen MR) is 124 cm³/mol. The van der Waals surface area contributed by atoms with Crippen molar-refractivity contribution in [1.82, 2.24) is 14.5 Å². The molecular formula is C24H33N3O3S. The first-order chi connectivity index (χ1) is 14.8. The molecule has 1 unspecified atom stereocenters. The van der Waals surface area contributed by atoms with Gasteiger partial charge in [-0.05, 0) is 44.5 Å². The number of hydrogen-bond acceptors (Lipinski definition) is 4. The molecule has 168 valence electrons. The van der Waals surface area contributed by atoms with Crippen LogP contribution in [-0.2, 0) is 27.0 Å². The van der Waals surface area contributed by atoms with Crippen molar-refractivity contribution in [2.45, 2.75) is 31.1 Å². The van der Waals surface area contributed by atoms with Gasteiger partial charge in [-0.1, -0.05) is 60.7 Å². The second kappa shape index (κ2) is 10.9. The summed E-state index contributed by atoms with van der Waals surface area (Å²) >= 11 is 0. The Kier molecular flexibility index (Phi) is 8.23. The van der Waals surface area contributed by atoms with E-state index in [-0.39, 0.29) is 23.6 Å². The summed E-state index contributed by atoms with van der Waals surface area (Å²) in [6.07, 6.45) is 1.99. The fourth-order valence-corrected chi connectivity index (χ4v) is 5.52. The number of piperidine rings is 1. The Labute approximate surface area is 186 Å². The molecular weight excluding hydrogens is 410 g/mol. The minimum Gasteiger partial charge on any atom is -0.354 e. The molecule has 1 atom stereocenters. The number of sulfonamides is 1. The molecule has 1 amide bonds. The first-order valence-corrected chi connectivity index (χ1v) is 12.5. The quantitative estimate of drug-likeness (QED) is 0.647. The van der Waals surface area contributed by atoms with Gasteiger partial charge in [-0.25, -0.2) is 12.7 Å². The van der Waals surface area contributed by atoms with E-state index in [9.17, 15) is 13.2 Å². The fraction of sp³-hybridized carbons (Fsp3) is 0.458. The van der Waals surface area contributed by atoms with Crippen LogP contribution in [0.25, 0.3) is 0 Å². The topological polar surface area (TPSA) is 69.7 Å². The Balaban J connectivity index is 1.48. The Morgan fingerprint density at radius 2 is 1.55 bits per heavy atom. The van der Waals surface area contributed by atoms with Gasteiger partial charge in [-0.3, -0.25) is 4.79 Å². The normalized spacial score (nSPS) is 16.9. The van der Waals surface area contributed by atoms with Gasteiger partial charge in [-0.15, -0.1) is 0 Å². The number of rotatable bonds is 9. The summed E-state index contributed by atoms with van der Waals surface area (Å²) in [5.41, 5.74) is 2.03. The van der Waals surface area contributed by atoms with E-state index in [0.717, 1.165) is 12.0 Å². The van der Waals surface area contributed by atoms with Crippen LogP contribution < -0.4 is 5.32 Å². The van der Waals surface area contributed by atoms with Crippen molar-refractivity contribution in [3.8, 4) is 0 Å². The number of carbonyl (C=O) groups excluding carboxylic acids is 1. The van der Waals surface area contributed by atoms with E-state index in [4.69, 9.17) is 0 Å². The Hall–Kier alpha value is -2.22. The first kappa shape index (κ1) is 23.4. The molecule has 0 radical (unpaired) electrons. The first-order valence-electron chi connectivity index (χ1n) is 10.8. The number of hydrogen-bond donors (Lipinski definition) is 1. The van der Waals surface area contributed by atoms with Crippen LogP contribution in [0.2, 0.25) is 0 Å². The molecule has 1 saturated heterocycles. The van der Waals surface area contributed by atoms with Gasteiger partial charge in [0.1, 0.15) is 0 Å². The SMILES string of the molecule is CN(C)C(CNC(=O)C1CCN(S(=O)(=O)Cc2ccccc2)CC1)Cc1ccccc1. The van der Waals surface area contributed by atoms with Crippen LogP contribution >= 0.6 is 0 Å². The molecule has 0 aromatic heterocycles.